The molecule has 0 saturated carbocycles. The van der Waals surface area contributed by atoms with Gasteiger partial charge in [-0.25, -0.2) is 0 Å². The molecule has 0 aromatic heterocycles. The van der Waals surface area contributed by atoms with Gasteiger partial charge in [0.1, 0.15) is 83.9 Å². The summed E-state index contributed by atoms with van der Waals surface area (Å²) in [6.45, 7) is 23.1. The van der Waals surface area contributed by atoms with Gasteiger partial charge >= 0.3 is 0 Å². The lowest BCUT2D eigenvalue weighted by molar-refractivity contribution is -0.139. The number of aliphatic imine (C=N–C) groups is 1. The first-order valence-electron chi connectivity index (χ1n) is 35.6. The number of hydrogen-bond acceptors (Lipinski definition) is 18. The Labute approximate surface area is 619 Å². The molecule has 0 unspecified atom stereocenters. The third-order valence-electron chi connectivity index (χ3n) is 17.7. The van der Waals surface area contributed by atoms with Crippen molar-refractivity contribution in [3.05, 3.63) is 77.5 Å². The summed E-state index contributed by atoms with van der Waals surface area (Å²) in [7, 11) is 0. The van der Waals surface area contributed by atoms with Gasteiger partial charge in [-0.05, 0) is 111 Å². The number of carbonyl (C=O) groups excluding carboxylic acids is 13. The van der Waals surface area contributed by atoms with Gasteiger partial charge in [0.25, 0.3) is 5.91 Å². The van der Waals surface area contributed by atoms with Gasteiger partial charge < -0.3 is 95.9 Å². The molecule has 3 rings (SSSR count). The average Bonchev–Trinajstić information content (AvgIpc) is 0.840. The summed E-state index contributed by atoms with van der Waals surface area (Å²) < 4.78 is 0. The number of carbonyl (C=O) groups is 13. The van der Waals surface area contributed by atoms with Gasteiger partial charge in [-0.2, -0.15) is 11.8 Å². The van der Waals surface area contributed by atoms with Crippen molar-refractivity contribution in [3.8, 4) is 5.75 Å². The quantitative estimate of drug-likeness (QED) is 0.0325. The van der Waals surface area contributed by atoms with Crippen LogP contribution in [0.3, 0.4) is 0 Å². The standard InChI is InChI=1S/C72H114N16O16S/c1-17-40(13)56-69(102)88-57(41(14)89)70(103)85-55(39(11)12)67(100)84-54(38(9)10)66(99)83-52(36(5)6)65(98)80-50(33-43-23-20-19-21-24-43)63(96)82-51(35(3)4)64(97)76-46(18-2)59(92)77-47(25-22-31-75-72(73)74)60(93)79-49(34-44-26-28-45(91)29-27-44)62(95)78-48(30-32-105-16)61(94)81-53(37(7)8)68(101)87-58(42(15)90)71(104)86-56/h18-21,23-24,26-29,35-42,47-58,89-91H,17,22,25,30-34H2,1-16H3,(H,76,97)(H,77,92)(H,78,95)(H,79,93)(H,80,98)(H,81,94)(H,82,96)(H,83,99)(H,84,100)(H,85,103)(H,86,104)(H,87,101)(H,88,102)(H4,73,74,75)/b46-18-/t40-,41+,42+,47-,48-,49-,50-,51-,52-,53-,54-,55-,56-,57-,58-/m0/s1. The molecule has 1 heterocycles. The fraction of sp³-hybridized carbons (Fsp3) is 0.611. The summed E-state index contributed by atoms with van der Waals surface area (Å²) in [5.74, 6) is -16.4. The van der Waals surface area contributed by atoms with E-state index in [9.17, 15) is 77.6 Å². The van der Waals surface area contributed by atoms with Gasteiger partial charge in [0.2, 0.25) is 70.9 Å². The minimum Gasteiger partial charge on any atom is -0.508 e. The smallest absolute Gasteiger partial charge is 0.268 e. The number of aromatic hydroxyl groups is 1. The summed E-state index contributed by atoms with van der Waals surface area (Å²) in [6, 6.07) is -3.74. The fourth-order valence-electron chi connectivity index (χ4n) is 11.1. The number of phenolic OH excluding ortho intramolecular Hbond substituents is 1. The van der Waals surface area contributed by atoms with Crippen molar-refractivity contribution in [2.75, 3.05) is 18.6 Å². The summed E-state index contributed by atoms with van der Waals surface area (Å²) in [5, 5.41) is 66.6. The van der Waals surface area contributed by atoms with E-state index in [0.29, 0.717) is 11.1 Å². The Bertz CT molecular complexity index is 3350. The summed E-state index contributed by atoms with van der Waals surface area (Å²) >= 11 is 1.32. The van der Waals surface area contributed by atoms with Crippen molar-refractivity contribution in [1.29, 1.82) is 0 Å². The van der Waals surface area contributed by atoms with Gasteiger partial charge in [-0.3, -0.25) is 67.3 Å². The van der Waals surface area contributed by atoms with Crippen molar-refractivity contribution in [2.45, 2.75) is 227 Å². The molecule has 2 aromatic carbocycles. The monoisotopic (exact) mass is 1490 g/mol. The molecule has 0 radical (unpaired) electrons. The first kappa shape index (κ1) is 89.8. The number of hydrogen-bond donors (Lipinski definition) is 18. The third kappa shape index (κ3) is 28.9. The first-order valence-corrected chi connectivity index (χ1v) is 37.0. The number of nitrogens with one attached hydrogen (secondary N) is 13. The summed E-state index contributed by atoms with van der Waals surface area (Å²) in [5.41, 5.74) is 11.8. The van der Waals surface area contributed by atoms with Crippen LogP contribution in [0.5, 0.6) is 5.75 Å². The number of thioether (sulfide) groups is 1. The Hall–Kier alpha value is -9.37. The molecule has 584 valence electrons. The van der Waals surface area contributed by atoms with Crippen molar-refractivity contribution < 1.29 is 77.6 Å². The number of nitrogens with zero attached hydrogens (tertiary/aromatic N) is 1. The van der Waals surface area contributed by atoms with Gasteiger partial charge in [0, 0.05) is 19.4 Å². The molecule has 32 nitrogen and oxygen atoms in total. The van der Waals surface area contributed by atoms with Crippen LogP contribution in [0.2, 0.25) is 0 Å². The normalized spacial score (nSPS) is 25.7. The number of rotatable bonds is 20. The van der Waals surface area contributed by atoms with E-state index in [4.69, 9.17) is 11.5 Å². The van der Waals surface area contributed by atoms with Gasteiger partial charge in [0.05, 0.1) is 12.2 Å². The van der Waals surface area contributed by atoms with Crippen LogP contribution in [0.4, 0.5) is 0 Å². The van der Waals surface area contributed by atoms with Crippen molar-refractivity contribution in [1.82, 2.24) is 69.1 Å². The topological polar surface area (TPSA) is 503 Å². The van der Waals surface area contributed by atoms with Crippen LogP contribution in [0.25, 0.3) is 0 Å². The predicted molar refractivity (Wildman–Crippen MR) is 397 cm³/mol. The molecule has 2 aromatic rings. The maximum absolute atomic E-state index is 14.8. The second-order valence-corrected chi connectivity index (χ2v) is 29.2. The molecule has 105 heavy (non-hydrogen) atoms. The maximum Gasteiger partial charge on any atom is 0.268 e. The van der Waals surface area contributed by atoms with Gasteiger partial charge in [-0.1, -0.05) is 138 Å². The van der Waals surface area contributed by atoms with Crippen LogP contribution in [0.15, 0.2) is 71.4 Å². The Kier molecular flexibility index (Phi) is 37.5. The number of amides is 13. The Morgan fingerprint density at radius 3 is 1.18 bits per heavy atom. The fourth-order valence-corrected chi connectivity index (χ4v) is 11.6. The van der Waals surface area contributed by atoms with E-state index in [-0.39, 0.29) is 68.2 Å². The largest absolute Gasteiger partial charge is 0.508 e. The molecular formula is C72H114N16O16S. The van der Waals surface area contributed by atoms with Crippen LogP contribution in [-0.4, -0.2) is 201 Å². The molecule has 0 spiro atoms. The van der Waals surface area contributed by atoms with Crippen molar-refractivity contribution in [3.63, 3.8) is 0 Å². The Morgan fingerprint density at radius 2 is 0.771 bits per heavy atom. The van der Waals surface area contributed by atoms with E-state index in [0.717, 1.165) is 0 Å². The molecule has 15 atom stereocenters. The number of benzene rings is 2. The molecule has 33 heteroatoms. The van der Waals surface area contributed by atoms with Crippen molar-refractivity contribution in [2.24, 2.45) is 52.0 Å². The predicted octanol–water partition coefficient (Wildman–Crippen LogP) is -1.08. The van der Waals surface area contributed by atoms with Crippen molar-refractivity contribution >= 4 is 94.5 Å². The second-order valence-electron chi connectivity index (χ2n) is 28.2. The average molecular weight is 1490 g/mol. The molecule has 1 fully saturated rings. The zero-order chi connectivity index (χ0) is 79.3. The molecular weight excluding hydrogens is 1380 g/mol. The van der Waals surface area contributed by atoms with E-state index in [2.05, 4.69) is 74.1 Å². The Balaban J connectivity index is 2.32. The first-order chi connectivity index (χ1) is 49.3. The van der Waals surface area contributed by atoms with E-state index in [1.54, 1.807) is 120 Å². The lowest BCUT2D eigenvalue weighted by atomic mass is 9.96. The highest BCUT2D eigenvalue weighted by Crippen LogP contribution is 2.18. The molecule has 1 aliphatic heterocycles. The number of guanidine groups is 1. The second kappa shape index (κ2) is 43.8. The van der Waals surface area contributed by atoms with Crippen LogP contribution >= 0.6 is 11.8 Å². The van der Waals surface area contributed by atoms with Gasteiger partial charge in [-0.15, -0.1) is 0 Å². The zero-order valence-electron chi connectivity index (χ0n) is 63.1. The SMILES string of the molecule is C/C=C1\NC(=O)[C@H](C(C)C)NC(=O)[C@H](Cc2ccccc2)NC(=O)[C@H](C(C)C)NC(=O)[C@H](C(C)C)NC(=O)[C@H](C(C)C)NC(=O)[C@H]([C@@H](C)O)NC(=O)[C@H]([C@@H](C)CC)NC(=O)[C@H]([C@@H](C)O)NC(=O)[C@H](C(C)C)NC(=O)[C@H](CCSC)NC(=O)[C@H](Cc2ccc(O)cc2)NC(=O)[C@H](CCCN=C(N)N)NC1=O. The lowest BCUT2D eigenvalue weighted by Gasteiger charge is -2.32. The third-order valence-corrected chi connectivity index (χ3v) is 18.3. The number of allylic oxidation sites excluding steroid dienone is 1. The maximum atomic E-state index is 14.8. The number of aliphatic hydroxyl groups excluding tert-OH is 2. The highest BCUT2D eigenvalue weighted by molar-refractivity contribution is 7.98. The lowest BCUT2D eigenvalue weighted by Crippen LogP contribution is -2.64. The summed E-state index contributed by atoms with van der Waals surface area (Å²) in [4.78, 5) is 193. The summed E-state index contributed by atoms with van der Waals surface area (Å²) in [6.07, 6.45) is -0.609. The molecule has 0 aliphatic carbocycles. The number of nitrogens with two attached hydrogens (primary N) is 2. The minimum atomic E-state index is -1.80. The highest BCUT2D eigenvalue weighted by Gasteiger charge is 2.41. The minimum absolute atomic E-state index is 0.0297. The van der Waals surface area contributed by atoms with E-state index >= 15 is 0 Å². The van der Waals surface area contributed by atoms with Crippen LogP contribution in [-0.2, 0) is 75.2 Å². The molecule has 0 bridgehead atoms. The zero-order valence-corrected chi connectivity index (χ0v) is 64.0. The number of aliphatic hydroxyl groups is 2. The molecule has 1 saturated heterocycles. The Morgan fingerprint density at radius 1 is 0.438 bits per heavy atom. The molecule has 20 N–H and O–H groups in total. The van der Waals surface area contributed by atoms with Crippen LogP contribution < -0.4 is 80.6 Å². The van der Waals surface area contributed by atoms with Crippen LogP contribution in [0, 0.1) is 35.5 Å². The van der Waals surface area contributed by atoms with Gasteiger partial charge in [0.15, 0.2) is 5.96 Å². The number of phenols is 1. The molecule has 13 amide bonds. The van der Waals surface area contributed by atoms with E-state index in [1.165, 1.54) is 62.9 Å². The van der Waals surface area contributed by atoms with Crippen LogP contribution in [0.1, 0.15) is 141 Å². The van der Waals surface area contributed by atoms with E-state index < -0.39 is 197 Å². The molecule has 1 aliphatic rings. The highest BCUT2D eigenvalue weighted by atomic mass is 32.2. The van der Waals surface area contributed by atoms with E-state index in [1.807, 2.05) is 0 Å².